The molecule has 0 saturated heterocycles. The van der Waals surface area contributed by atoms with E-state index in [1.54, 1.807) is 13.8 Å². The number of carbonyl (C=O) groups excluding carboxylic acids is 1. The molecular weight excluding hydrogens is 196 g/mol. The molecule has 6 heteroatoms. The lowest BCUT2D eigenvalue weighted by atomic mass is 10.2. The SMILES string of the molecule is C=CC(=O)OS(=O)(=O)OCC(C)C. The minimum absolute atomic E-state index is 0.0211. The smallest absolute Gasteiger partial charge is 0.321 e. The van der Waals surface area contributed by atoms with Crippen molar-refractivity contribution in [2.24, 2.45) is 5.92 Å². The summed E-state index contributed by atoms with van der Waals surface area (Å²) in [6, 6.07) is 0. The maximum absolute atomic E-state index is 10.8. The molecule has 0 aromatic carbocycles. The van der Waals surface area contributed by atoms with Crippen LogP contribution in [0.5, 0.6) is 0 Å². The molecule has 0 aliphatic carbocycles. The van der Waals surface area contributed by atoms with Gasteiger partial charge in [0.2, 0.25) is 0 Å². The summed E-state index contributed by atoms with van der Waals surface area (Å²) in [6.07, 6.45) is 0.746. The van der Waals surface area contributed by atoms with Gasteiger partial charge in [-0.2, -0.15) is 8.42 Å². The van der Waals surface area contributed by atoms with E-state index in [9.17, 15) is 13.2 Å². The lowest BCUT2D eigenvalue weighted by molar-refractivity contribution is -0.129. The molecular formula is C7H12O5S. The average molecular weight is 208 g/mol. The van der Waals surface area contributed by atoms with E-state index < -0.39 is 16.4 Å². The molecule has 0 amide bonds. The third-order valence-electron chi connectivity index (χ3n) is 0.897. The van der Waals surface area contributed by atoms with Crippen LogP contribution in [0.3, 0.4) is 0 Å². The Kier molecular flexibility index (Phi) is 4.64. The van der Waals surface area contributed by atoms with Crippen LogP contribution in [0, 0.1) is 5.92 Å². The molecule has 0 rings (SSSR count). The monoisotopic (exact) mass is 208 g/mol. The summed E-state index contributed by atoms with van der Waals surface area (Å²) in [5.41, 5.74) is 0. The van der Waals surface area contributed by atoms with Gasteiger partial charge in [0.1, 0.15) is 0 Å². The van der Waals surface area contributed by atoms with Gasteiger partial charge in [-0.05, 0) is 5.92 Å². The maximum atomic E-state index is 10.8. The third-order valence-corrected chi connectivity index (χ3v) is 1.69. The number of hydrogen-bond donors (Lipinski definition) is 0. The lowest BCUT2D eigenvalue weighted by Gasteiger charge is -2.05. The van der Waals surface area contributed by atoms with Crippen LogP contribution in [0.4, 0.5) is 0 Å². The van der Waals surface area contributed by atoms with Crippen molar-refractivity contribution < 1.29 is 21.6 Å². The van der Waals surface area contributed by atoms with Crippen molar-refractivity contribution in [1.29, 1.82) is 0 Å². The molecule has 0 heterocycles. The fraction of sp³-hybridized carbons (Fsp3) is 0.571. The van der Waals surface area contributed by atoms with Crippen molar-refractivity contribution in [3.63, 3.8) is 0 Å². The Morgan fingerprint density at radius 3 is 2.46 bits per heavy atom. The molecule has 0 atom stereocenters. The van der Waals surface area contributed by atoms with E-state index >= 15 is 0 Å². The van der Waals surface area contributed by atoms with E-state index in [2.05, 4.69) is 14.9 Å². The number of rotatable bonds is 5. The first-order valence-corrected chi connectivity index (χ1v) is 4.96. The van der Waals surface area contributed by atoms with Crippen LogP contribution in [-0.4, -0.2) is 21.0 Å². The quantitative estimate of drug-likeness (QED) is 0.620. The van der Waals surface area contributed by atoms with Gasteiger partial charge < -0.3 is 4.18 Å². The molecule has 5 nitrogen and oxygen atoms in total. The summed E-state index contributed by atoms with van der Waals surface area (Å²) in [4.78, 5) is 10.5. The van der Waals surface area contributed by atoms with Crippen LogP contribution in [0.1, 0.15) is 13.8 Å². The third kappa shape index (κ3) is 6.30. The van der Waals surface area contributed by atoms with Gasteiger partial charge in [0.05, 0.1) is 6.61 Å². The second-order valence-corrected chi connectivity index (χ2v) is 3.91. The van der Waals surface area contributed by atoms with Crippen molar-refractivity contribution in [2.45, 2.75) is 13.8 Å². The predicted molar refractivity (Wildman–Crippen MR) is 46.0 cm³/mol. The summed E-state index contributed by atoms with van der Waals surface area (Å²) >= 11 is 0. The first kappa shape index (κ1) is 12.1. The number of hydrogen-bond acceptors (Lipinski definition) is 5. The Labute approximate surface area is 77.7 Å². The fourth-order valence-corrected chi connectivity index (χ4v) is 1.13. The molecule has 0 aliphatic heterocycles. The molecule has 0 bridgehead atoms. The van der Waals surface area contributed by atoms with Gasteiger partial charge in [0, 0.05) is 6.08 Å². The van der Waals surface area contributed by atoms with Crippen LogP contribution in [0.15, 0.2) is 12.7 Å². The zero-order valence-corrected chi connectivity index (χ0v) is 8.33. The molecule has 76 valence electrons. The van der Waals surface area contributed by atoms with E-state index in [-0.39, 0.29) is 12.5 Å². The summed E-state index contributed by atoms with van der Waals surface area (Å²) in [5.74, 6) is -1.01. The van der Waals surface area contributed by atoms with E-state index in [0.29, 0.717) is 0 Å². The highest BCUT2D eigenvalue weighted by atomic mass is 32.3. The molecule has 0 spiro atoms. The van der Waals surface area contributed by atoms with Crippen molar-refractivity contribution in [3.8, 4) is 0 Å². The standard InChI is InChI=1S/C7H12O5S/c1-4-7(8)12-13(9,10)11-5-6(2)3/h4,6H,1,5H2,2-3H3. The minimum atomic E-state index is -4.21. The fourth-order valence-electron chi connectivity index (χ4n) is 0.378. The molecule has 0 fully saturated rings. The van der Waals surface area contributed by atoms with Gasteiger partial charge in [-0.3, -0.25) is 0 Å². The summed E-state index contributed by atoms with van der Waals surface area (Å²) in [7, 11) is -4.21. The second kappa shape index (κ2) is 4.98. The Hall–Kier alpha value is -0.880. The average Bonchev–Trinajstić information content (AvgIpc) is 2.00. The van der Waals surface area contributed by atoms with Gasteiger partial charge in [0.15, 0.2) is 0 Å². The highest BCUT2D eigenvalue weighted by molar-refractivity contribution is 7.82. The van der Waals surface area contributed by atoms with Gasteiger partial charge in [-0.25, -0.2) is 8.98 Å². The van der Waals surface area contributed by atoms with Crippen LogP contribution in [0.25, 0.3) is 0 Å². The Morgan fingerprint density at radius 2 is 2.08 bits per heavy atom. The van der Waals surface area contributed by atoms with Crippen molar-refractivity contribution in [1.82, 2.24) is 0 Å². The normalized spacial score (nSPS) is 11.3. The van der Waals surface area contributed by atoms with Crippen LogP contribution in [-0.2, 0) is 23.6 Å². The number of carbonyl (C=O) groups is 1. The largest absolute Gasteiger partial charge is 0.451 e. The van der Waals surface area contributed by atoms with E-state index in [0.717, 1.165) is 6.08 Å². The summed E-state index contributed by atoms with van der Waals surface area (Å²) < 4.78 is 29.9. The molecule has 0 unspecified atom stereocenters. The van der Waals surface area contributed by atoms with Crippen molar-refractivity contribution in [2.75, 3.05) is 6.61 Å². The zero-order valence-electron chi connectivity index (χ0n) is 7.52. The van der Waals surface area contributed by atoms with Gasteiger partial charge in [-0.15, -0.1) is 0 Å². The van der Waals surface area contributed by atoms with Crippen molar-refractivity contribution >= 4 is 16.4 Å². The Morgan fingerprint density at radius 1 is 1.54 bits per heavy atom. The molecule has 0 aromatic rings. The predicted octanol–water partition coefficient (Wildman–Crippen LogP) is 0.633. The molecule has 0 aliphatic rings. The lowest BCUT2D eigenvalue weighted by Crippen LogP contribution is -2.16. The van der Waals surface area contributed by atoms with Crippen molar-refractivity contribution in [3.05, 3.63) is 12.7 Å². The van der Waals surface area contributed by atoms with Gasteiger partial charge in [0.25, 0.3) is 0 Å². The molecule has 13 heavy (non-hydrogen) atoms. The topological polar surface area (TPSA) is 69.7 Å². The van der Waals surface area contributed by atoms with Crippen LogP contribution < -0.4 is 0 Å². The highest BCUT2D eigenvalue weighted by Crippen LogP contribution is 2.01. The summed E-state index contributed by atoms with van der Waals surface area (Å²) in [6.45, 7) is 6.56. The zero-order chi connectivity index (χ0) is 10.5. The first-order valence-electron chi connectivity index (χ1n) is 3.62. The first-order chi connectivity index (χ1) is 5.87. The van der Waals surface area contributed by atoms with Crippen LogP contribution in [0.2, 0.25) is 0 Å². The molecule has 0 saturated carbocycles. The second-order valence-electron chi connectivity index (χ2n) is 2.69. The Balaban J connectivity index is 4.10. The molecule has 0 radical (unpaired) electrons. The van der Waals surface area contributed by atoms with Gasteiger partial charge in [-0.1, -0.05) is 20.4 Å². The van der Waals surface area contributed by atoms with E-state index in [4.69, 9.17) is 0 Å². The van der Waals surface area contributed by atoms with Gasteiger partial charge >= 0.3 is 16.4 Å². The molecule has 0 N–H and O–H groups in total. The molecule has 0 aromatic heterocycles. The minimum Gasteiger partial charge on any atom is -0.321 e. The Bertz CT molecular complexity index is 277. The highest BCUT2D eigenvalue weighted by Gasteiger charge is 2.16. The van der Waals surface area contributed by atoms with E-state index in [1.165, 1.54) is 0 Å². The maximum Gasteiger partial charge on any atom is 0.451 e. The van der Waals surface area contributed by atoms with Crippen LogP contribution >= 0.6 is 0 Å². The van der Waals surface area contributed by atoms with E-state index in [1.807, 2.05) is 0 Å². The summed E-state index contributed by atoms with van der Waals surface area (Å²) in [5, 5.41) is 0.